The summed E-state index contributed by atoms with van der Waals surface area (Å²) in [4.78, 5) is 7.99. The molecule has 0 fully saturated rings. The van der Waals surface area contributed by atoms with E-state index in [0.29, 0.717) is 5.88 Å². The van der Waals surface area contributed by atoms with Gasteiger partial charge in [-0.2, -0.15) is 0 Å². The largest absolute Gasteiger partial charge is 0.481 e. The third-order valence-corrected chi connectivity index (χ3v) is 4.78. The first-order valence-corrected chi connectivity index (χ1v) is 8.28. The summed E-state index contributed by atoms with van der Waals surface area (Å²) >= 11 is 0. The zero-order valence-corrected chi connectivity index (χ0v) is 13.8. The average molecular weight is 324 g/mol. The highest BCUT2D eigenvalue weighted by molar-refractivity contribution is 6.14. The maximum absolute atomic E-state index is 5.54. The van der Waals surface area contributed by atoms with Gasteiger partial charge in [0.05, 0.1) is 18.0 Å². The van der Waals surface area contributed by atoms with Crippen molar-refractivity contribution in [3.05, 3.63) is 72.9 Å². The molecule has 0 aliphatic rings. The number of rotatable bonds is 2. The molecule has 0 saturated heterocycles. The molecule has 5 rings (SSSR count). The summed E-state index contributed by atoms with van der Waals surface area (Å²) < 4.78 is 5.54. The smallest absolute Gasteiger partial charge is 0.221 e. The Labute approximate surface area is 144 Å². The van der Waals surface area contributed by atoms with E-state index in [1.807, 2.05) is 6.07 Å². The number of benzene rings is 3. The fraction of sp³-hybridized carbons (Fsp3) is 0.0455. The van der Waals surface area contributed by atoms with Crippen LogP contribution in [0.3, 0.4) is 0 Å². The van der Waals surface area contributed by atoms with Crippen molar-refractivity contribution < 1.29 is 4.74 Å². The third-order valence-electron chi connectivity index (χ3n) is 4.78. The van der Waals surface area contributed by atoms with Crippen molar-refractivity contribution in [2.75, 3.05) is 7.11 Å². The van der Waals surface area contributed by atoms with Gasteiger partial charge in [-0.25, -0.2) is 4.98 Å². The van der Waals surface area contributed by atoms with Gasteiger partial charge < -0.3 is 9.72 Å². The normalized spacial score (nSPS) is 11.4. The Morgan fingerprint density at radius 2 is 1.60 bits per heavy atom. The molecule has 0 amide bonds. The first-order chi connectivity index (χ1) is 12.4. The number of fused-ring (bicyclic) bond motifs is 4. The molecule has 5 aromatic rings. The van der Waals surface area contributed by atoms with E-state index in [1.54, 1.807) is 13.3 Å². The topological polar surface area (TPSA) is 37.9 Å². The molecule has 2 heterocycles. The lowest BCUT2D eigenvalue weighted by Crippen LogP contribution is -1.91. The fourth-order valence-corrected chi connectivity index (χ4v) is 3.67. The van der Waals surface area contributed by atoms with Gasteiger partial charge in [-0.3, -0.25) is 0 Å². The highest BCUT2D eigenvalue weighted by Crippen LogP contribution is 2.38. The van der Waals surface area contributed by atoms with Crippen LogP contribution < -0.4 is 4.74 Å². The lowest BCUT2D eigenvalue weighted by atomic mass is 9.97. The molecule has 2 aromatic heterocycles. The molecule has 3 heteroatoms. The van der Waals surface area contributed by atoms with Crippen LogP contribution in [0.4, 0.5) is 0 Å². The number of H-pyrrole nitrogens is 1. The summed E-state index contributed by atoms with van der Waals surface area (Å²) in [6, 6.07) is 23.2. The van der Waals surface area contributed by atoms with E-state index in [2.05, 4.69) is 70.6 Å². The lowest BCUT2D eigenvalue weighted by molar-refractivity contribution is 0.403. The zero-order valence-electron chi connectivity index (χ0n) is 13.8. The second kappa shape index (κ2) is 5.35. The maximum atomic E-state index is 5.54. The summed E-state index contributed by atoms with van der Waals surface area (Å²) in [6.45, 7) is 0. The number of hydrogen-bond donors (Lipinski definition) is 1. The molecular formula is C22H16N2O. The predicted molar refractivity (Wildman–Crippen MR) is 103 cm³/mol. The Balaban J connectivity index is 1.93. The van der Waals surface area contributed by atoms with Crippen LogP contribution in [0.25, 0.3) is 43.7 Å². The molecule has 0 bridgehead atoms. The van der Waals surface area contributed by atoms with Gasteiger partial charge in [0.2, 0.25) is 5.88 Å². The SMILES string of the molecule is COc1nccc2cccc(-c3cccc4c3[nH]c3ccccc34)c12. The number of aromatic nitrogens is 2. The van der Waals surface area contributed by atoms with Crippen LogP contribution in [0.1, 0.15) is 0 Å². The molecule has 0 radical (unpaired) electrons. The van der Waals surface area contributed by atoms with Crippen molar-refractivity contribution in [1.82, 2.24) is 9.97 Å². The van der Waals surface area contributed by atoms with E-state index < -0.39 is 0 Å². The van der Waals surface area contributed by atoms with Gasteiger partial charge in [0, 0.05) is 28.0 Å². The van der Waals surface area contributed by atoms with E-state index in [9.17, 15) is 0 Å². The predicted octanol–water partition coefficient (Wildman–Crippen LogP) is 5.54. The first-order valence-electron chi connectivity index (χ1n) is 8.28. The van der Waals surface area contributed by atoms with Crippen molar-refractivity contribution in [1.29, 1.82) is 0 Å². The number of para-hydroxylation sites is 2. The van der Waals surface area contributed by atoms with Crippen molar-refractivity contribution in [3.8, 4) is 17.0 Å². The molecule has 0 aliphatic carbocycles. The van der Waals surface area contributed by atoms with Crippen molar-refractivity contribution >= 4 is 32.6 Å². The van der Waals surface area contributed by atoms with Crippen LogP contribution in [-0.2, 0) is 0 Å². The van der Waals surface area contributed by atoms with Gasteiger partial charge in [0.15, 0.2) is 0 Å². The molecule has 25 heavy (non-hydrogen) atoms. The van der Waals surface area contributed by atoms with Gasteiger partial charge in [-0.15, -0.1) is 0 Å². The highest BCUT2D eigenvalue weighted by Gasteiger charge is 2.14. The van der Waals surface area contributed by atoms with Crippen LogP contribution in [0.2, 0.25) is 0 Å². The summed E-state index contributed by atoms with van der Waals surface area (Å²) in [6.07, 6.45) is 1.79. The molecule has 0 atom stereocenters. The summed E-state index contributed by atoms with van der Waals surface area (Å²) in [5.74, 6) is 0.654. The minimum absolute atomic E-state index is 0.654. The second-order valence-corrected chi connectivity index (χ2v) is 6.12. The Morgan fingerprint density at radius 3 is 2.52 bits per heavy atom. The van der Waals surface area contributed by atoms with E-state index >= 15 is 0 Å². The quantitative estimate of drug-likeness (QED) is 0.462. The van der Waals surface area contributed by atoms with Crippen molar-refractivity contribution in [2.24, 2.45) is 0 Å². The Kier molecular flexibility index (Phi) is 3.01. The Morgan fingerprint density at radius 1 is 0.800 bits per heavy atom. The zero-order chi connectivity index (χ0) is 16.8. The molecule has 0 spiro atoms. The number of aromatic amines is 1. The van der Waals surface area contributed by atoms with Crippen LogP contribution in [0.15, 0.2) is 72.9 Å². The summed E-state index contributed by atoms with van der Waals surface area (Å²) in [5, 5.41) is 4.63. The maximum Gasteiger partial charge on any atom is 0.221 e. The standard InChI is InChI=1S/C22H16N2O/c1-25-22-20-14(12-13-23-22)6-4-8-16(20)18-10-5-9-17-15-7-2-3-11-19(15)24-21(17)18/h2-13,24H,1H3. The van der Waals surface area contributed by atoms with E-state index in [4.69, 9.17) is 4.74 Å². The molecule has 3 aromatic carbocycles. The van der Waals surface area contributed by atoms with Crippen molar-refractivity contribution in [3.63, 3.8) is 0 Å². The molecule has 1 N–H and O–H groups in total. The molecule has 0 unspecified atom stereocenters. The van der Waals surface area contributed by atoms with E-state index in [0.717, 1.165) is 32.9 Å². The first kappa shape index (κ1) is 14.1. The Hall–Kier alpha value is -3.33. The minimum Gasteiger partial charge on any atom is -0.481 e. The number of ether oxygens (including phenoxy) is 1. The van der Waals surface area contributed by atoms with Crippen LogP contribution in [0.5, 0.6) is 5.88 Å². The summed E-state index contributed by atoms with van der Waals surface area (Å²) in [5.41, 5.74) is 4.57. The number of methoxy groups -OCH3 is 1. The van der Waals surface area contributed by atoms with Gasteiger partial charge in [0.1, 0.15) is 0 Å². The molecular weight excluding hydrogens is 308 g/mol. The molecule has 0 aliphatic heterocycles. The summed E-state index contributed by atoms with van der Waals surface area (Å²) in [7, 11) is 1.67. The highest BCUT2D eigenvalue weighted by atomic mass is 16.5. The van der Waals surface area contributed by atoms with Crippen LogP contribution in [-0.4, -0.2) is 17.1 Å². The van der Waals surface area contributed by atoms with Crippen LogP contribution >= 0.6 is 0 Å². The molecule has 120 valence electrons. The monoisotopic (exact) mass is 324 g/mol. The van der Waals surface area contributed by atoms with Gasteiger partial charge in [-0.05, 0) is 23.1 Å². The van der Waals surface area contributed by atoms with Gasteiger partial charge >= 0.3 is 0 Å². The van der Waals surface area contributed by atoms with Gasteiger partial charge in [-0.1, -0.05) is 54.6 Å². The molecule has 3 nitrogen and oxygen atoms in total. The van der Waals surface area contributed by atoms with E-state index in [1.165, 1.54) is 10.8 Å². The van der Waals surface area contributed by atoms with Crippen molar-refractivity contribution in [2.45, 2.75) is 0 Å². The Bertz CT molecular complexity index is 1230. The third kappa shape index (κ3) is 2.02. The average Bonchev–Trinajstić information content (AvgIpc) is 3.06. The second-order valence-electron chi connectivity index (χ2n) is 6.12. The number of hydrogen-bond acceptors (Lipinski definition) is 2. The molecule has 0 saturated carbocycles. The number of nitrogens with one attached hydrogen (secondary N) is 1. The number of pyridine rings is 1. The minimum atomic E-state index is 0.654. The van der Waals surface area contributed by atoms with E-state index in [-0.39, 0.29) is 0 Å². The fourth-order valence-electron chi connectivity index (χ4n) is 3.67. The lowest BCUT2D eigenvalue weighted by Gasteiger charge is -2.11. The number of nitrogens with zero attached hydrogens (tertiary/aromatic N) is 1. The van der Waals surface area contributed by atoms with Crippen LogP contribution in [0, 0.1) is 0 Å². The van der Waals surface area contributed by atoms with Gasteiger partial charge in [0.25, 0.3) is 0 Å².